The second-order valence-electron chi connectivity index (χ2n) is 9.08. The van der Waals surface area contributed by atoms with Crippen molar-refractivity contribution in [2.24, 2.45) is 5.10 Å². The van der Waals surface area contributed by atoms with E-state index in [1.165, 1.54) is 17.0 Å². The van der Waals surface area contributed by atoms with Gasteiger partial charge >= 0.3 is 0 Å². The van der Waals surface area contributed by atoms with Gasteiger partial charge in [0.2, 0.25) is 11.6 Å². The smallest absolute Gasteiger partial charge is 0.292 e. The van der Waals surface area contributed by atoms with Crippen LogP contribution in [0.2, 0.25) is 0 Å². The summed E-state index contributed by atoms with van der Waals surface area (Å²) in [4.78, 5) is 15.5. The van der Waals surface area contributed by atoms with Crippen molar-refractivity contribution in [3.05, 3.63) is 69.2 Å². The zero-order valence-corrected chi connectivity index (χ0v) is 23.7. The SMILES string of the molecule is CCOc1cc(OCc2ccccc2F)cc(Br)c1/C=N/NC(=O)c1c(CN2CCCC2)nnn1-c1nonc1N. The first-order valence-corrected chi connectivity index (χ1v) is 13.6. The summed E-state index contributed by atoms with van der Waals surface area (Å²) >= 11 is 3.51. The lowest BCUT2D eigenvalue weighted by atomic mass is 10.2. The first-order valence-electron chi connectivity index (χ1n) is 12.9. The number of rotatable bonds is 11. The zero-order valence-electron chi connectivity index (χ0n) is 22.1. The Morgan fingerprint density at radius 2 is 2.05 bits per heavy atom. The molecule has 0 spiro atoms. The number of hydrogen-bond acceptors (Lipinski definition) is 11. The van der Waals surface area contributed by atoms with Crippen molar-refractivity contribution < 1.29 is 23.3 Å². The summed E-state index contributed by atoms with van der Waals surface area (Å²) in [6.45, 7) is 4.47. The Balaban J connectivity index is 1.35. The van der Waals surface area contributed by atoms with Crippen LogP contribution in [0, 0.1) is 5.82 Å². The van der Waals surface area contributed by atoms with E-state index in [0.717, 1.165) is 25.9 Å². The highest BCUT2D eigenvalue weighted by Crippen LogP contribution is 2.32. The number of nitrogens with zero attached hydrogens (tertiary/aromatic N) is 7. The molecule has 4 aromatic rings. The summed E-state index contributed by atoms with van der Waals surface area (Å²) in [7, 11) is 0. The molecule has 3 N–H and O–H groups in total. The van der Waals surface area contributed by atoms with Gasteiger partial charge in [-0.2, -0.15) is 9.78 Å². The molecule has 1 aliphatic rings. The summed E-state index contributed by atoms with van der Waals surface area (Å²) < 4.78 is 32.0. The highest BCUT2D eigenvalue weighted by molar-refractivity contribution is 9.10. The third-order valence-corrected chi connectivity index (χ3v) is 6.96. The lowest BCUT2D eigenvalue weighted by Gasteiger charge is -2.14. The van der Waals surface area contributed by atoms with E-state index in [1.807, 2.05) is 6.92 Å². The Hall–Kier alpha value is -4.37. The number of nitrogens with two attached hydrogens (primary N) is 1. The molecule has 13 nitrogen and oxygen atoms in total. The molecule has 0 aliphatic carbocycles. The fourth-order valence-corrected chi connectivity index (χ4v) is 4.85. The maximum atomic E-state index is 14.0. The van der Waals surface area contributed by atoms with Gasteiger partial charge in [0.25, 0.3) is 5.91 Å². The highest BCUT2D eigenvalue weighted by Gasteiger charge is 2.27. The molecule has 3 heterocycles. The van der Waals surface area contributed by atoms with Gasteiger partial charge < -0.3 is 15.2 Å². The van der Waals surface area contributed by atoms with Gasteiger partial charge in [-0.1, -0.05) is 23.4 Å². The van der Waals surface area contributed by atoms with Gasteiger partial charge in [0.05, 0.1) is 18.4 Å². The molecule has 0 atom stereocenters. The summed E-state index contributed by atoms with van der Waals surface area (Å²) in [5.41, 5.74) is 9.91. The van der Waals surface area contributed by atoms with Gasteiger partial charge in [0.1, 0.15) is 29.6 Å². The minimum Gasteiger partial charge on any atom is -0.493 e. The number of halogens is 2. The van der Waals surface area contributed by atoms with Gasteiger partial charge in [-0.3, -0.25) is 9.69 Å². The number of hydrogen-bond donors (Lipinski definition) is 2. The molecule has 0 radical (unpaired) electrons. The lowest BCUT2D eigenvalue weighted by molar-refractivity contribution is 0.0945. The van der Waals surface area contributed by atoms with Gasteiger partial charge in [0.15, 0.2) is 5.69 Å². The maximum Gasteiger partial charge on any atom is 0.292 e. The lowest BCUT2D eigenvalue weighted by Crippen LogP contribution is -2.26. The number of anilines is 1. The van der Waals surface area contributed by atoms with E-state index in [9.17, 15) is 9.18 Å². The molecule has 0 saturated carbocycles. The van der Waals surface area contributed by atoms with Crippen LogP contribution in [0.4, 0.5) is 10.2 Å². The van der Waals surface area contributed by atoms with E-state index >= 15 is 0 Å². The van der Waals surface area contributed by atoms with Crippen molar-refractivity contribution >= 4 is 33.9 Å². The number of aromatic nitrogens is 5. The molecule has 2 aromatic carbocycles. The molecule has 41 heavy (non-hydrogen) atoms. The predicted octanol–water partition coefficient (Wildman–Crippen LogP) is 3.47. The zero-order chi connectivity index (χ0) is 28.8. The average molecular weight is 628 g/mol. The molecular formula is C26H27BrFN9O4. The van der Waals surface area contributed by atoms with Crippen molar-refractivity contribution in [1.82, 2.24) is 35.6 Å². The second-order valence-corrected chi connectivity index (χ2v) is 9.94. The third-order valence-electron chi connectivity index (χ3n) is 6.30. The molecule has 15 heteroatoms. The Bertz CT molecular complexity index is 1550. The van der Waals surface area contributed by atoms with E-state index in [1.54, 1.807) is 30.3 Å². The molecular weight excluding hydrogens is 601 g/mol. The Morgan fingerprint density at radius 1 is 1.24 bits per heavy atom. The average Bonchev–Trinajstić information content (AvgIpc) is 3.71. The van der Waals surface area contributed by atoms with E-state index in [2.05, 4.69) is 52.0 Å². The number of carbonyl (C=O) groups is 1. The number of nitrogen functional groups attached to an aromatic ring is 1. The number of hydrazone groups is 1. The summed E-state index contributed by atoms with van der Waals surface area (Å²) in [5, 5.41) is 19.8. The van der Waals surface area contributed by atoms with Gasteiger partial charge in [-0.25, -0.2) is 14.4 Å². The molecule has 0 bridgehead atoms. The Labute approximate surface area is 242 Å². The van der Waals surface area contributed by atoms with Crippen LogP contribution >= 0.6 is 15.9 Å². The van der Waals surface area contributed by atoms with E-state index < -0.39 is 5.91 Å². The number of nitrogens with one attached hydrogen (secondary N) is 1. The fourth-order valence-electron chi connectivity index (χ4n) is 4.32. The van der Waals surface area contributed by atoms with E-state index in [4.69, 9.17) is 19.8 Å². The Kier molecular flexibility index (Phi) is 8.84. The number of likely N-dealkylation sites (tertiary alicyclic amines) is 1. The van der Waals surface area contributed by atoms with Crippen molar-refractivity contribution in [3.8, 4) is 17.3 Å². The molecule has 1 aliphatic heterocycles. The van der Waals surface area contributed by atoms with Crippen LogP contribution in [-0.4, -0.2) is 62.0 Å². The summed E-state index contributed by atoms with van der Waals surface area (Å²) in [5.74, 6) is -0.00805. The third kappa shape index (κ3) is 6.52. The molecule has 1 amide bonds. The second kappa shape index (κ2) is 12.9. The first-order chi connectivity index (χ1) is 19.9. The molecule has 0 unspecified atom stereocenters. The first kappa shape index (κ1) is 28.2. The van der Waals surface area contributed by atoms with E-state index in [-0.39, 0.29) is 29.8 Å². The van der Waals surface area contributed by atoms with Crippen LogP contribution in [-0.2, 0) is 13.2 Å². The summed E-state index contributed by atoms with van der Waals surface area (Å²) in [6.07, 6.45) is 3.59. The molecule has 1 saturated heterocycles. The largest absolute Gasteiger partial charge is 0.493 e. The topological polar surface area (TPSA) is 159 Å². The normalized spacial score (nSPS) is 13.6. The monoisotopic (exact) mass is 627 g/mol. The van der Waals surface area contributed by atoms with Crippen LogP contribution < -0.4 is 20.6 Å². The van der Waals surface area contributed by atoms with Crippen molar-refractivity contribution in [2.75, 3.05) is 25.4 Å². The van der Waals surface area contributed by atoms with Crippen LogP contribution in [0.25, 0.3) is 5.82 Å². The maximum absolute atomic E-state index is 14.0. The molecule has 5 rings (SSSR count). The Morgan fingerprint density at radius 3 is 2.78 bits per heavy atom. The number of carbonyl (C=O) groups excluding carboxylic acids is 1. The van der Waals surface area contributed by atoms with Gasteiger partial charge in [-0.15, -0.1) is 5.10 Å². The standard InChI is InChI=1S/C26H27BrFN9O4/c1-2-39-22-12-17(40-15-16-7-3-4-8-20(16)28)11-19(27)18(22)13-30-32-26(38)23-21(14-36-9-5-6-10-36)31-35-37(23)25-24(29)33-41-34-25/h3-4,7-8,11-13H,2,5-6,9-10,14-15H2,1H3,(H2,29,33)(H,32,38)/b30-13+. The predicted molar refractivity (Wildman–Crippen MR) is 149 cm³/mol. The minimum atomic E-state index is -0.582. The van der Waals surface area contributed by atoms with Crippen LogP contribution in [0.15, 0.2) is 50.6 Å². The van der Waals surface area contributed by atoms with Crippen molar-refractivity contribution in [2.45, 2.75) is 32.9 Å². The van der Waals surface area contributed by atoms with Gasteiger partial charge in [0, 0.05) is 22.6 Å². The number of benzene rings is 2. The van der Waals surface area contributed by atoms with Crippen molar-refractivity contribution in [1.29, 1.82) is 0 Å². The van der Waals surface area contributed by atoms with Crippen LogP contribution in [0.5, 0.6) is 11.5 Å². The molecule has 1 fully saturated rings. The quantitative estimate of drug-likeness (QED) is 0.186. The van der Waals surface area contributed by atoms with Gasteiger partial charge in [-0.05, 0) is 71.2 Å². The molecule has 214 valence electrons. The van der Waals surface area contributed by atoms with Crippen LogP contribution in [0.3, 0.4) is 0 Å². The number of ether oxygens (including phenoxy) is 2. The fraction of sp³-hybridized carbons (Fsp3) is 0.308. The van der Waals surface area contributed by atoms with Crippen molar-refractivity contribution in [3.63, 3.8) is 0 Å². The van der Waals surface area contributed by atoms with E-state index in [0.29, 0.717) is 45.9 Å². The molecule has 2 aromatic heterocycles. The summed E-state index contributed by atoms with van der Waals surface area (Å²) in [6, 6.07) is 9.78. The van der Waals surface area contributed by atoms with Crippen LogP contribution in [0.1, 0.15) is 47.1 Å². The minimum absolute atomic E-state index is 0.0391. The highest BCUT2D eigenvalue weighted by atomic mass is 79.9. The number of amides is 1.